The first-order valence-electron chi connectivity index (χ1n) is 12.7. The molecule has 194 valence electrons. The summed E-state index contributed by atoms with van der Waals surface area (Å²) in [5, 5.41) is 22.1. The van der Waals surface area contributed by atoms with Gasteiger partial charge in [0.2, 0.25) is 11.8 Å². The summed E-state index contributed by atoms with van der Waals surface area (Å²) < 4.78 is 16.1. The highest BCUT2D eigenvalue weighted by atomic mass is 32.2. The second-order valence-corrected chi connectivity index (χ2v) is 12.4. The van der Waals surface area contributed by atoms with Crippen molar-refractivity contribution >= 4 is 23.6 Å². The Morgan fingerprint density at radius 2 is 2.06 bits per heavy atom. The molecule has 3 aliphatic rings. The van der Waals surface area contributed by atoms with Gasteiger partial charge in [0.25, 0.3) is 0 Å². The standard InChI is InChI=1S/C26H34FN5O3S/c1-26(2,3)22(32-14-20(29-30-32)15-7-8-15)12-23(34)31-13-16(33)11-21(31)25(35)28-19-9-10-36-24-17(19)5-4-6-18(24)27/h4-6,14-16,19,21-22,33H,7-13H2,1-3H3,(H,28,35)/t16-,19?,21+,22-/m1/s1. The fourth-order valence-electron chi connectivity index (χ4n) is 5.23. The predicted octanol–water partition coefficient (Wildman–Crippen LogP) is 3.59. The van der Waals surface area contributed by atoms with Gasteiger partial charge in [-0.05, 0) is 36.3 Å². The maximum absolute atomic E-state index is 14.3. The van der Waals surface area contributed by atoms with Crippen molar-refractivity contribution in [3.63, 3.8) is 0 Å². The van der Waals surface area contributed by atoms with Crippen molar-refractivity contribution in [2.75, 3.05) is 12.3 Å². The van der Waals surface area contributed by atoms with Crippen LogP contribution in [-0.2, 0) is 9.59 Å². The van der Waals surface area contributed by atoms with Crippen LogP contribution in [0.3, 0.4) is 0 Å². The lowest BCUT2D eigenvalue weighted by atomic mass is 9.84. The number of nitrogens with one attached hydrogen (secondary N) is 1. The van der Waals surface area contributed by atoms with Gasteiger partial charge in [-0.2, -0.15) is 0 Å². The van der Waals surface area contributed by atoms with Crippen LogP contribution in [0.1, 0.15) is 82.1 Å². The van der Waals surface area contributed by atoms with E-state index in [9.17, 15) is 19.1 Å². The number of aliphatic hydroxyl groups is 1. The highest BCUT2D eigenvalue weighted by Crippen LogP contribution is 2.41. The van der Waals surface area contributed by atoms with Gasteiger partial charge in [-0.1, -0.05) is 38.1 Å². The van der Waals surface area contributed by atoms with Crippen molar-refractivity contribution in [2.24, 2.45) is 5.41 Å². The zero-order valence-electron chi connectivity index (χ0n) is 21.0. The number of hydrogen-bond acceptors (Lipinski definition) is 6. The second-order valence-electron chi connectivity index (χ2n) is 11.3. The third-order valence-corrected chi connectivity index (χ3v) is 8.61. The summed E-state index contributed by atoms with van der Waals surface area (Å²) in [6.07, 6.45) is 4.44. The molecule has 8 nitrogen and oxygen atoms in total. The van der Waals surface area contributed by atoms with Crippen LogP contribution < -0.4 is 5.32 Å². The summed E-state index contributed by atoms with van der Waals surface area (Å²) >= 11 is 1.45. The number of nitrogens with zero attached hydrogens (tertiary/aromatic N) is 4. The van der Waals surface area contributed by atoms with Gasteiger partial charge in [0.1, 0.15) is 11.9 Å². The molecule has 2 N–H and O–H groups in total. The highest BCUT2D eigenvalue weighted by molar-refractivity contribution is 7.99. The molecule has 1 aliphatic carbocycles. The molecule has 1 unspecified atom stereocenters. The molecule has 3 heterocycles. The molecule has 2 aromatic rings. The molecule has 0 bridgehead atoms. The Labute approximate surface area is 215 Å². The number of benzene rings is 1. The number of carbonyl (C=O) groups excluding carboxylic acids is 2. The van der Waals surface area contributed by atoms with Gasteiger partial charge in [0.05, 0.1) is 23.9 Å². The molecule has 2 amide bonds. The number of halogens is 1. The van der Waals surface area contributed by atoms with E-state index in [1.807, 2.05) is 12.3 Å². The molecule has 1 aromatic carbocycles. The fourth-order valence-corrected chi connectivity index (χ4v) is 6.37. The zero-order valence-corrected chi connectivity index (χ0v) is 21.8. The molecule has 2 aliphatic heterocycles. The van der Waals surface area contributed by atoms with E-state index in [-0.39, 0.29) is 54.5 Å². The summed E-state index contributed by atoms with van der Waals surface area (Å²) in [5.41, 5.74) is 1.46. The largest absolute Gasteiger partial charge is 0.391 e. The third kappa shape index (κ3) is 5.16. The van der Waals surface area contributed by atoms with E-state index >= 15 is 0 Å². The molecule has 0 radical (unpaired) electrons. The Morgan fingerprint density at radius 1 is 1.28 bits per heavy atom. The fraction of sp³-hybridized carbons (Fsp3) is 0.615. The second kappa shape index (κ2) is 9.78. The molecule has 5 rings (SSSR count). The number of hydrogen-bond donors (Lipinski definition) is 2. The quantitative estimate of drug-likeness (QED) is 0.610. The van der Waals surface area contributed by atoms with Gasteiger partial charge in [-0.15, -0.1) is 16.9 Å². The predicted molar refractivity (Wildman–Crippen MR) is 134 cm³/mol. The summed E-state index contributed by atoms with van der Waals surface area (Å²) in [4.78, 5) is 29.0. The van der Waals surface area contributed by atoms with E-state index in [1.165, 1.54) is 22.7 Å². The van der Waals surface area contributed by atoms with Crippen molar-refractivity contribution in [2.45, 2.75) is 87.9 Å². The average molecular weight is 516 g/mol. The lowest BCUT2D eigenvalue weighted by molar-refractivity contribution is -0.140. The number of aromatic nitrogens is 3. The van der Waals surface area contributed by atoms with E-state index in [0.29, 0.717) is 23.0 Å². The van der Waals surface area contributed by atoms with Gasteiger partial charge >= 0.3 is 0 Å². The molecule has 1 saturated carbocycles. The van der Waals surface area contributed by atoms with Gasteiger partial charge < -0.3 is 15.3 Å². The minimum atomic E-state index is -0.766. The first kappa shape index (κ1) is 25.2. The van der Waals surface area contributed by atoms with Gasteiger partial charge in [0, 0.05) is 42.1 Å². The van der Waals surface area contributed by atoms with Crippen molar-refractivity contribution in [3.05, 3.63) is 41.5 Å². The van der Waals surface area contributed by atoms with Gasteiger partial charge in [-0.25, -0.2) is 9.07 Å². The molecular formula is C26H34FN5O3S. The number of aliphatic hydroxyl groups excluding tert-OH is 1. The normalized spacial score (nSPS) is 24.9. The van der Waals surface area contributed by atoms with E-state index in [0.717, 1.165) is 24.1 Å². The van der Waals surface area contributed by atoms with Gasteiger partial charge in [-0.3, -0.25) is 9.59 Å². The van der Waals surface area contributed by atoms with Crippen LogP contribution in [0.5, 0.6) is 0 Å². The Bertz CT molecular complexity index is 1140. The van der Waals surface area contributed by atoms with Crippen LogP contribution in [-0.4, -0.2) is 61.3 Å². The van der Waals surface area contributed by atoms with Crippen LogP contribution in [0.2, 0.25) is 0 Å². The van der Waals surface area contributed by atoms with E-state index < -0.39 is 12.1 Å². The lowest BCUT2D eigenvalue weighted by Gasteiger charge is -2.33. The smallest absolute Gasteiger partial charge is 0.243 e. The SMILES string of the molecule is CC(C)(C)[C@@H](CC(=O)N1C[C@H](O)C[C@H]1C(=O)NC1CCSc2c(F)cccc21)n1cc(C2CC2)nn1. The van der Waals surface area contributed by atoms with Crippen molar-refractivity contribution < 1.29 is 19.1 Å². The van der Waals surface area contributed by atoms with Crippen LogP contribution in [0, 0.1) is 11.2 Å². The van der Waals surface area contributed by atoms with E-state index in [1.54, 1.807) is 10.7 Å². The highest BCUT2D eigenvalue weighted by Gasteiger charge is 2.42. The van der Waals surface area contributed by atoms with E-state index in [4.69, 9.17) is 0 Å². The summed E-state index contributed by atoms with van der Waals surface area (Å²) in [5.74, 6) is 0.379. The monoisotopic (exact) mass is 515 g/mol. The molecule has 1 aromatic heterocycles. The summed E-state index contributed by atoms with van der Waals surface area (Å²) in [6, 6.07) is 3.59. The molecule has 0 spiro atoms. The Kier molecular flexibility index (Phi) is 6.84. The van der Waals surface area contributed by atoms with Crippen LogP contribution in [0.25, 0.3) is 0 Å². The van der Waals surface area contributed by atoms with Crippen molar-refractivity contribution in [1.82, 2.24) is 25.2 Å². The van der Waals surface area contributed by atoms with E-state index in [2.05, 4.69) is 36.4 Å². The Morgan fingerprint density at radius 3 is 2.78 bits per heavy atom. The molecular weight excluding hydrogens is 481 g/mol. The lowest BCUT2D eigenvalue weighted by Crippen LogP contribution is -2.48. The Balaban J connectivity index is 1.31. The first-order chi connectivity index (χ1) is 17.1. The van der Waals surface area contributed by atoms with Gasteiger partial charge in [0.15, 0.2) is 0 Å². The molecule has 4 atom stereocenters. The number of amides is 2. The minimum absolute atomic E-state index is 0.115. The number of β-amino-alcohol motifs (C(OH)–C–C–N with tert-alkyl or cyclic N) is 1. The first-order valence-corrected chi connectivity index (χ1v) is 13.7. The van der Waals surface area contributed by atoms with Crippen molar-refractivity contribution in [3.8, 4) is 0 Å². The molecule has 1 saturated heterocycles. The molecule has 2 fully saturated rings. The van der Waals surface area contributed by atoms with Crippen LogP contribution in [0.4, 0.5) is 4.39 Å². The topological polar surface area (TPSA) is 100 Å². The number of carbonyl (C=O) groups is 2. The van der Waals surface area contributed by atoms with Crippen molar-refractivity contribution in [1.29, 1.82) is 0 Å². The zero-order chi connectivity index (χ0) is 25.6. The van der Waals surface area contributed by atoms with Crippen LogP contribution in [0.15, 0.2) is 29.3 Å². The number of fused-ring (bicyclic) bond motifs is 1. The maximum Gasteiger partial charge on any atom is 0.243 e. The number of thioether (sulfide) groups is 1. The number of rotatable bonds is 6. The molecule has 36 heavy (non-hydrogen) atoms. The minimum Gasteiger partial charge on any atom is -0.391 e. The Hall–Kier alpha value is -2.46. The molecule has 10 heteroatoms. The maximum atomic E-state index is 14.3. The third-order valence-electron chi connectivity index (χ3n) is 7.45. The summed E-state index contributed by atoms with van der Waals surface area (Å²) in [6.45, 7) is 6.29. The summed E-state index contributed by atoms with van der Waals surface area (Å²) in [7, 11) is 0. The van der Waals surface area contributed by atoms with Crippen LogP contribution >= 0.6 is 11.8 Å². The average Bonchev–Trinajstić information content (AvgIpc) is 3.42. The number of likely N-dealkylation sites (tertiary alicyclic amines) is 1.